The summed E-state index contributed by atoms with van der Waals surface area (Å²) in [4.78, 5) is 37.2. The van der Waals surface area contributed by atoms with E-state index in [2.05, 4.69) is 39.7 Å². The van der Waals surface area contributed by atoms with E-state index in [9.17, 15) is 14.4 Å². The Hall–Kier alpha value is -2.31. The maximum absolute atomic E-state index is 11.7. The summed E-state index contributed by atoms with van der Waals surface area (Å²) in [5, 5.41) is 8.52. The van der Waals surface area contributed by atoms with E-state index in [1.54, 1.807) is 12.2 Å². The molecule has 264 valence electrons. The van der Waals surface area contributed by atoms with Gasteiger partial charge in [0.15, 0.2) is 0 Å². The minimum Gasteiger partial charge on any atom is -0.380 e. The van der Waals surface area contributed by atoms with E-state index >= 15 is 0 Å². The first-order chi connectivity index (χ1) is 21.0. The second kappa shape index (κ2) is 42.8. The first kappa shape index (κ1) is 51.3. The molecule has 0 aromatic carbocycles. The van der Waals surface area contributed by atoms with E-state index in [-0.39, 0.29) is 35.8 Å². The largest absolute Gasteiger partial charge is 0.380 e. The quantitative estimate of drug-likeness (QED) is 0.103. The molecule has 0 aromatic rings. The minimum absolute atomic E-state index is 0.0170. The number of amides is 3. The zero-order valence-corrected chi connectivity index (χ0v) is 30.3. The van der Waals surface area contributed by atoms with E-state index in [0.29, 0.717) is 78.5 Å². The highest BCUT2D eigenvalue weighted by Crippen LogP contribution is 1.95. The van der Waals surface area contributed by atoms with Crippen LogP contribution in [0.4, 0.5) is 0 Å². The number of carbonyl (C=O) groups is 3. The summed E-state index contributed by atoms with van der Waals surface area (Å²) in [6, 6.07) is 0.364. The van der Waals surface area contributed by atoms with Crippen molar-refractivity contribution in [3.8, 4) is 0 Å². The summed E-state index contributed by atoms with van der Waals surface area (Å²) in [5.41, 5.74) is 4.50. The first-order valence-corrected chi connectivity index (χ1v) is 16.2. The fourth-order valence-electron chi connectivity index (χ4n) is 2.90. The number of hydrogen-bond donors (Lipinski definition) is 4. The molecule has 0 aliphatic carbocycles. The van der Waals surface area contributed by atoms with E-state index in [4.69, 9.17) is 14.2 Å². The molecule has 44 heavy (non-hydrogen) atoms. The molecule has 0 saturated heterocycles. The van der Waals surface area contributed by atoms with Crippen LogP contribution in [0, 0.1) is 0 Å². The van der Waals surface area contributed by atoms with Crippen molar-refractivity contribution < 1.29 is 28.6 Å². The lowest BCUT2D eigenvalue weighted by Gasteiger charge is -2.22. The van der Waals surface area contributed by atoms with Gasteiger partial charge in [-0.2, -0.15) is 0 Å². The molecule has 0 saturated carbocycles. The molecule has 0 heterocycles. The van der Waals surface area contributed by atoms with Crippen LogP contribution < -0.4 is 21.7 Å². The molecule has 0 rings (SSSR count). The van der Waals surface area contributed by atoms with Crippen LogP contribution in [-0.4, -0.2) is 107 Å². The third kappa shape index (κ3) is 49.4. The van der Waals surface area contributed by atoms with Crippen molar-refractivity contribution in [2.75, 3.05) is 66.3 Å². The fourth-order valence-corrected chi connectivity index (χ4v) is 2.90. The number of nitrogens with zero attached hydrogens (tertiary/aromatic N) is 1. The Morgan fingerprint density at radius 2 is 0.795 bits per heavy atom. The van der Waals surface area contributed by atoms with Crippen LogP contribution in [0.25, 0.3) is 0 Å². The van der Waals surface area contributed by atoms with Gasteiger partial charge in [-0.3, -0.25) is 19.3 Å². The van der Waals surface area contributed by atoms with Crippen LogP contribution in [-0.2, 0) is 28.6 Å². The van der Waals surface area contributed by atoms with Gasteiger partial charge in [-0.15, -0.1) is 0 Å². The maximum atomic E-state index is 11.7. The van der Waals surface area contributed by atoms with Gasteiger partial charge in [0.2, 0.25) is 17.7 Å². The first-order valence-electron chi connectivity index (χ1n) is 16.2. The van der Waals surface area contributed by atoms with Crippen molar-refractivity contribution in [1.29, 1.82) is 0 Å². The van der Waals surface area contributed by atoms with Gasteiger partial charge in [0.1, 0.15) is 0 Å². The summed E-state index contributed by atoms with van der Waals surface area (Å²) in [7, 11) is 1.50. The Morgan fingerprint density at radius 3 is 0.977 bits per heavy atom. The summed E-state index contributed by atoms with van der Waals surface area (Å²) in [5.74, 6) is -0.0509. The molecule has 0 fully saturated rings. The zero-order valence-electron chi connectivity index (χ0n) is 30.3. The molecule has 5 N–H and O–H groups in total. The lowest BCUT2D eigenvalue weighted by Crippen LogP contribution is -2.35. The lowest BCUT2D eigenvalue weighted by molar-refractivity contribution is -0.123. The topological polar surface area (TPSA) is 144 Å². The highest BCUT2D eigenvalue weighted by Gasteiger charge is 2.09. The smallest absolute Gasteiger partial charge is 0.222 e. The number of nitrogens with one attached hydrogen (secondary N) is 3. The molecule has 0 aromatic heterocycles. The summed E-state index contributed by atoms with van der Waals surface area (Å²) in [6.07, 6.45) is 4.28. The summed E-state index contributed by atoms with van der Waals surface area (Å²) in [6.45, 7) is 30.8. The third-order valence-electron chi connectivity index (χ3n) is 4.59. The van der Waals surface area contributed by atoms with E-state index < -0.39 is 0 Å². The number of allylic oxidation sites excluding steroid dienone is 2. The number of ether oxygens (including phenoxy) is 3. The molecule has 0 aliphatic heterocycles. The maximum Gasteiger partial charge on any atom is 0.222 e. The van der Waals surface area contributed by atoms with Crippen molar-refractivity contribution in [3.05, 3.63) is 25.3 Å². The molecule has 0 aliphatic rings. The number of nitrogens with two attached hydrogens (primary N) is 1. The Labute approximate surface area is 271 Å². The highest BCUT2D eigenvalue weighted by molar-refractivity contribution is 5.76. The van der Waals surface area contributed by atoms with Crippen LogP contribution in [0.1, 0.15) is 88.5 Å². The molecular weight excluding hydrogens is 562 g/mol. The van der Waals surface area contributed by atoms with Crippen molar-refractivity contribution in [2.24, 2.45) is 5.73 Å². The molecular formula is C33H71N5O6. The van der Waals surface area contributed by atoms with Gasteiger partial charge in [0.05, 0.1) is 39.6 Å². The molecule has 11 nitrogen and oxygen atoms in total. The normalized spacial score (nSPS) is 9.73. The molecule has 11 heteroatoms. The Balaban J connectivity index is -0.000000448. The third-order valence-corrected chi connectivity index (χ3v) is 4.59. The van der Waals surface area contributed by atoms with Gasteiger partial charge >= 0.3 is 0 Å². The SMILES string of the molecule is C=CC=C.CC.CC.CC(C)NC(=O)CCOCCN(CCOCCC(=O)NC(C)C)CCOCCC(=O)NC(C)C.CN. The predicted molar refractivity (Wildman–Crippen MR) is 186 cm³/mol. The molecule has 0 bridgehead atoms. The Morgan fingerprint density at radius 1 is 0.568 bits per heavy atom. The van der Waals surface area contributed by atoms with E-state index in [0.717, 1.165) is 0 Å². The van der Waals surface area contributed by atoms with Crippen LogP contribution in [0.5, 0.6) is 0 Å². The predicted octanol–water partition coefficient (Wildman–Crippen LogP) is 4.07. The monoisotopic (exact) mass is 634 g/mol. The minimum atomic E-state index is -0.0170. The van der Waals surface area contributed by atoms with Crippen molar-refractivity contribution >= 4 is 17.7 Å². The number of hydrogen-bond acceptors (Lipinski definition) is 8. The second-order valence-electron chi connectivity index (χ2n) is 9.57. The Bertz CT molecular complexity index is 564. The molecule has 3 amide bonds. The molecule has 0 atom stereocenters. The average Bonchev–Trinajstić information content (AvgIpc) is 2.98. The van der Waals surface area contributed by atoms with Gasteiger partial charge in [0.25, 0.3) is 0 Å². The highest BCUT2D eigenvalue weighted by atomic mass is 16.5. The van der Waals surface area contributed by atoms with Crippen molar-refractivity contribution in [2.45, 2.75) is 107 Å². The number of carbonyl (C=O) groups excluding carboxylic acids is 3. The van der Waals surface area contributed by atoms with E-state index in [1.165, 1.54) is 7.05 Å². The molecule has 0 unspecified atom stereocenters. The molecule has 0 spiro atoms. The summed E-state index contributed by atoms with van der Waals surface area (Å²) < 4.78 is 16.9. The second-order valence-corrected chi connectivity index (χ2v) is 9.57. The average molecular weight is 634 g/mol. The van der Waals surface area contributed by atoms with Crippen molar-refractivity contribution in [1.82, 2.24) is 20.9 Å². The van der Waals surface area contributed by atoms with Crippen LogP contribution in [0.15, 0.2) is 25.3 Å². The Kier molecular flexibility index (Phi) is 49.9. The summed E-state index contributed by atoms with van der Waals surface area (Å²) >= 11 is 0. The van der Waals surface area contributed by atoms with Crippen molar-refractivity contribution in [3.63, 3.8) is 0 Å². The number of rotatable bonds is 22. The van der Waals surface area contributed by atoms with Gasteiger partial charge in [0, 0.05) is 57.0 Å². The van der Waals surface area contributed by atoms with Crippen LogP contribution in [0.3, 0.4) is 0 Å². The fraction of sp³-hybridized carbons (Fsp3) is 0.788. The standard InChI is InChI=1S/C24H48N4O6.C4H6.2C2H6.CH5N/c1-19(2)25-22(29)7-13-32-16-10-28(11-17-33-14-8-23(30)26-20(3)4)12-18-34-15-9-24(31)27-21(5)6;1-3-4-2;3*1-2/h19-21H,7-18H2,1-6H3,(H,25,29)(H,26,30)(H,27,31);3-4H,1-2H2;2*1-2H3;2H2,1H3. The van der Waals surface area contributed by atoms with Gasteiger partial charge in [-0.05, 0) is 48.6 Å². The molecule has 0 radical (unpaired) electrons. The van der Waals surface area contributed by atoms with Gasteiger partial charge in [-0.1, -0.05) is 53.0 Å². The van der Waals surface area contributed by atoms with Crippen LogP contribution in [0.2, 0.25) is 0 Å². The van der Waals surface area contributed by atoms with E-state index in [1.807, 2.05) is 69.2 Å². The lowest BCUT2D eigenvalue weighted by atomic mass is 10.3. The van der Waals surface area contributed by atoms with Gasteiger partial charge < -0.3 is 35.9 Å². The van der Waals surface area contributed by atoms with Crippen LogP contribution >= 0.6 is 0 Å². The zero-order chi connectivity index (χ0) is 35.2. The van der Waals surface area contributed by atoms with Gasteiger partial charge in [-0.25, -0.2) is 0 Å².